The summed E-state index contributed by atoms with van der Waals surface area (Å²) in [5, 5.41) is 3.26. The van der Waals surface area contributed by atoms with Crippen molar-refractivity contribution in [3.05, 3.63) is 69.9 Å². The van der Waals surface area contributed by atoms with Gasteiger partial charge in [0.25, 0.3) is 0 Å². The van der Waals surface area contributed by atoms with Crippen molar-refractivity contribution in [2.24, 2.45) is 0 Å². The molecule has 0 saturated heterocycles. The predicted octanol–water partition coefficient (Wildman–Crippen LogP) is 3.45. The van der Waals surface area contributed by atoms with Gasteiger partial charge in [-0.05, 0) is 13.0 Å². The van der Waals surface area contributed by atoms with Crippen LogP contribution in [0, 0.1) is 0 Å². The molecule has 0 saturated carbocycles. The number of dihydropyridines is 1. The zero-order valence-electron chi connectivity index (χ0n) is 18.0. The Morgan fingerprint density at radius 3 is 2.19 bits per heavy atom. The number of esters is 1. The molecule has 1 aliphatic heterocycles. The second kappa shape index (κ2) is 7.83. The number of methoxy groups -OCH3 is 4. The standard InChI is InChI=1S/C24H23NO6/c1-12-17(24(27)31-5)18(15-10-11-16(28-2)23(30-4)22(15)29-3)19-20(25-12)13-8-6-7-9-14(13)21(19)26/h6-11,18,25H,1-5H3/t18-/m1/s1. The Labute approximate surface area is 180 Å². The molecular weight excluding hydrogens is 398 g/mol. The molecule has 1 N–H and O–H groups in total. The predicted molar refractivity (Wildman–Crippen MR) is 114 cm³/mol. The number of hydrogen-bond acceptors (Lipinski definition) is 7. The van der Waals surface area contributed by atoms with Crippen molar-refractivity contribution in [1.29, 1.82) is 0 Å². The number of fused-ring (bicyclic) bond motifs is 2. The number of carbonyl (C=O) groups excluding carboxylic acids is 2. The number of hydrogen-bond donors (Lipinski definition) is 1. The maximum Gasteiger partial charge on any atom is 0.336 e. The van der Waals surface area contributed by atoms with E-state index < -0.39 is 11.9 Å². The van der Waals surface area contributed by atoms with Gasteiger partial charge in [0.05, 0.1) is 45.6 Å². The highest BCUT2D eigenvalue weighted by atomic mass is 16.5. The molecule has 1 atom stereocenters. The summed E-state index contributed by atoms with van der Waals surface area (Å²) in [6, 6.07) is 10.9. The summed E-state index contributed by atoms with van der Waals surface area (Å²) in [5.41, 5.74) is 4.10. The monoisotopic (exact) mass is 421 g/mol. The van der Waals surface area contributed by atoms with Gasteiger partial charge >= 0.3 is 5.97 Å². The molecule has 160 valence electrons. The average molecular weight is 421 g/mol. The van der Waals surface area contributed by atoms with Crippen LogP contribution in [0.5, 0.6) is 17.2 Å². The summed E-state index contributed by atoms with van der Waals surface area (Å²) in [5.74, 6) is -0.131. The van der Waals surface area contributed by atoms with Crippen molar-refractivity contribution in [2.75, 3.05) is 28.4 Å². The lowest BCUT2D eigenvalue weighted by atomic mass is 9.79. The van der Waals surface area contributed by atoms with E-state index in [1.165, 1.54) is 28.4 Å². The Morgan fingerprint density at radius 1 is 0.903 bits per heavy atom. The lowest BCUT2D eigenvalue weighted by Gasteiger charge is -2.30. The fourth-order valence-corrected chi connectivity index (χ4v) is 4.37. The van der Waals surface area contributed by atoms with Crippen molar-refractivity contribution < 1.29 is 28.5 Å². The Kier molecular flexibility index (Phi) is 5.19. The first-order chi connectivity index (χ1) is 15.0. The Morgan fingerprint density at radius 2 is 1.58 bits per heavy atom. The molecule has 31 heavy (non-hydrogen) atoms. The molecule has 0 bridgehead atoms. The van der Waals surface area contributed by atoms with Gasteiger partial charge in [0, 0.05) is 28.0 Å². The third kappa shape index (κ3) is 2.96. The highest BCUT2D eigenvalue weighted by Gasteiger charge is 2.44. The number of rotatable bonds is 5. The van der Waals surface area contributed by atoms with E-state index in [2.05, 4.69) is 5.32 Å². The maximum atomic E-state index is 13.5. The van der Waals surface area contributed by atoms with Crippen molar-refractivity contribution in [2.45, 2.75) is 12.8 Å². The molecule has 0 amide bonds. The fourth-order valence-electron chi connectivity index (χ4n) is 4.37. The van der Waals surface area contributed by atoms with E-state index in [1.807, 2.05) is 18.2 Å². The van der Waals surface area contributed by atoms with Crippen molar-refractivity contribution in [3.63, 3.8) is 0 Å². The van der Waals surface area contributed by atoms with E-state index >= 15 is 0 Å². The quantitative estimate of drug-likeness (QED) is 0.741. The highest BCUT2D eigenvalue weighted by molar-refractivity contribution is 6.23. The minimum absolute atomic E-state index is 0.145. The fraction of sp³-hybridized carbons (Fsp3) is 0.250. The third-order valence-corrected chi connectivity index (χ3v) is 5.70. The zero-order chi connectivity index (χ0) is 22.3. The topological polar surface area (TPSA) is 83.1 Å². The molecular formula is C24H23NO6. The smallest absolute Gasteiger partial charge is 0.336 e. The number of ether oxygens (including phenoxy) is 4. The van der Waals surface area contributed by atoms with Crippen molar-refractivity contribution in [3.8, 4) is 17.2 Å². The van der Waals surface area contributed by atoms with Crippen LogP contribution < -0.4 is 19.5 Å². The first-order valence-corrected chi connectivity index (χ1v) is 9.71. The summed E-state index contributed by atoms with van der Waals surface area (Å²) in [4.78, 5) is 26.3. The van der Waals surface area contributed by atoms with Crippen LogP contribution in [0.2, 0.25) is 0 Å². The maximum absolute atomic E-state index is 13.5. The van der Waals surface area contributed by atoms with Gasteiger partial charge in [-0.15, -0.1) is 0 Å². The molecule has 2 aromatic rings. The van der Waals surface area contributed by atoms with E-state index in [-0.39, 0.29) is 5.78 Å². The summed E-state index contributed by atoms with van der Waals surface area (Å²) >= 11 is 0. The lowest BCUT2D eigenvalue weighted by Crippen LogP contribution is -2.29. The highest BCUT2D eigenvalue weighted by Crippen LogP contribution is 2.52. The number of nitrogens with one attached hydrogen (secondary N) is 1. The first-order valence-electron chi connectivity index (χ1n) is 9.71. The summed E-state index contributed by atoms with van der Waals surface area (Å²) in [6.45, 7) is 1.79. The van der Waals surface area contributed by atoms with Crippen LogP contribution >= 0.6 is 0 Å². The number of benzene rings is 2. The Balaban J connectivity index is 2.02. The lowest BCUT2D eigenvalue weighted by molar-refractivity contribution is -0.136. The van der Waals surface area contributed by atoms with Gasteiger partial charge in [0.15, 0.2) is 17.3 Å². The molecule has 4 rings (SSSR count). The van der Waals surface area contributed by atoms with Gasteiger partial charge in [-0.2, -0.15) is 0 Å². The molecule has 7 heteroatoms. The Hall–Kier alpha value is -3.74. The average Bonchev–Trinajstić information content (AvgIpc) is 3.08. The molecule has 1 heterocycles. The van der Waals surface area contributed by atoms with Gasteiger partial charge < -0.3 is 24.3 Å². The summed E-state index contributed by atoms with van der Waals surface area (Å²) < 4.78 is 21.7. The SMILES string of the molecule is COC(=O)C1=C(C)NC2=C(C(=O)c3ccccc32)[C@@H]1c1ccc(OC)c(OC)c1OC. The number of Topliss-reactive ketones (excluding diaryl/α,β-unsaturated/α-hetero) is 1. The zero-order valence-corrected chi connectivity index (χ0v) is 18.0. The molecule has 0 radical (unpaired) electrons. The van der Waals surface area contributed by atoms with Gasteiger partial charge in [0.1, 0.15) is 0 Å². The second-order valence-electron chi connectivity index (χ2n) is 7.18. The molecule has 0 spiro atoms. The van der Waals surface area contributed by atoms with Gasteiger partial charge in [-0.3, -0.25) is 4.79 Å². The van der Waals surface area contributed by atoms with Crippen LogP contribution in [0.4, 0.5) is 0 Å². The van der Waals surface area contributed by atoms with Gasteiger partial charge in [-0.1, -0.05) is 30.3 Å². The van der Waals surface area contributed by atoms with Crippen molar-refractivity contribution in [1.82, 2.24) is 5.32 Å². The van der Waals surface area contributed by atoms with Crippen molar-refractivity contribution >= 4 is 17.4 Å². The number of carbonyl (C=O) groups is 2. The van der Waals surface area contributed by atoms with Gasteiger partial charge in [-0.25, -0.2) is 4.79 Å². The molecule has 7 nitrogen and oxygen atoms in total. The van der Waals surface area contributed by atoms with Crippen LogP contribution in [0.25, 0.3) is 5.70 Å². The Bertz CT molecular complexity index is 1160. The molecule has 0 unspecified atom stereocenters. The molecule has 1 aliphatic carbocycles. The van der Waals surface area contributed by atoms with E-state index in [9.17, 15) is 9.59 Å². The van der Waals surface area contributed by atoms with Crippen LogP contribution in [0.1, 0.15) is 34.3 Å². The van der Waals surface area contributed by atoms with E-state index in [1.54, 1.807) is 25.1 Å². The molecule has 0 fully saturated rings. The number of allylic oxidation sites excluding steroid dienone is 2. The van der Waals surface area contributed by atoms with E-state index in [0.717, 1.165) is 5.56 Å². The van der Waals surface area contributed by atoms with Gasteiger partial charge in [0.2, 0.25) is 5.75 Å². The largest absolute Gasteiger partial charge is 0.493 e. The number of ketones is 1. The van der Waals surface area contributed by atoms with E-state index in [0.29, 0.717) is 50.9 Å². The minimum atomic E-state index is -0.710. The van der Waals surface area contributed by atoms with Crippen LogP contribution in [0.3, 0.4) is 0 Å². The van der Waals surface area contributed by atoms with Crippen LogP contribution in [-0.4, -0.2) is 40.2 Å². The van der Waals surface area contributed by atoms with E-state index in [4.69, 9.17) is 18.9 Å². The van der Waals surface area contributed by atoms with Crippen LogP contribution in [0.15, 0.2) is 53.2 Å². The summed E-state index contributed by atoms with van der Waals surface area (Å²) in [7, 11) is 5.87. The first kappa shape index (κ1) is 20.5. The normalized spacial score (nSPS) is 17.1. The minimum Gasteiger partial charge on any atom is -0.493 e. The molecule has 0 aromatic heterocycles. The summed E-state index contributed by atoms with van der Waals surface area (Å²) in [6.07, 6.45) is 0. The molecule has 2 aromatic carbocycles. The second-order valence-corrected chi connectivity index (χ2v) is 7.18. The molecule has 2 aliphatic rings. The third-order valence-electron chi connectivity index (χ3n) is 5.70. The van der Waals surface area contributed by atoms with Crippen LogP contribution in [-0.2, 0) is 9.53 Å².